The standard InChI is InChI=1S/C16H26N4O3/c1-11(10-20-8-7-17-12(20)2)9-18-16(23)19-14-5-3-13(4-6-14)15(21)22/h7-8,11,13-14H,3-6,9-10H2,1-2H3,(H,21,22)(H2,18,19,23). The largest absolute Gasteiger partial charge is 0.481 e. The van der Waals surface area contributed by atoms with E-state index >= 15 is 0 Å². The van der Waals surface area contributed by atoms with Crippen LogP contribution in [0.3, 0.4) is 0 Å². The van der Waals surface area contributed by atoms with Gasteiger partial charge >= 0.3 is 12.0 Å². The number of amides is 2. The Balaban J connectivity index is 1.65. The Bertz CT molecular complexity index is 535. The number of aliphatic carboxylic acids is 1. The topological polar surface area (TPSA) is 96.3 Å². The number of aromatic nitrogens is 2. The Morgan fingerprint density at radius 1 is 1.39 bits per heavy atom. The van der Waals surface area contributed by atoms with Crippen molar-refractivity contribution in [3.05, 3.63) is 18.2 Å². The fraction of sp³-hybridized carbons (Fsp3) is 0.688. The van der Waals surface area contributed by atoms with Gasteiger partial charge in [0.15, 0.2) is 0 Å². The number of carbonyl (C=O) groups is 2. The normalized spacial score (nSPS) is 22.3. The van der Waals surface area contributed by atoms with Gasteiger partial charge in [0.1, 0.15) is 5.82 Å². The molecule has 0 bridgehead atoms. The second kappa shape index (κ2) is 7.99. The number of imidazole rings is 1. The van der Waals surface area contributed by atoms with Crippen molar-refractivity contribution in [2.45, 2.75) is 52.1 Å². The summed E-state index contributed by atoms with van der Waals surface area (Å²) in [7, 11) is 0. The first kappa shape index (κ1) is 17.3. The Morgan fingerprint density at radius 2 is 2.09 bits per heavy atom. The van der Waals surface area contributed by atoms with Crippen molar-refractivity contribution in [3.63, 3.8) is 0 Å². The highest BCUT2D eigenvalue weighted by atomic mass is 16.4. The van der Waals surface area contributed by atoms with Crippen molar-refractivity contribution in [1.82, 2.24) is 20.2 Å². The van der Waals surface area contributed by atoms with Gasteiger partial charge in [-0.05, 0) is 38.5 Å². The number of urea groups is 1. The molecule has 7 heteroatoms. The van der Waals surface area contributed by atoms with Gasteiger partial charge in [-0.2, -0.15) is 0 Å². The number of carboxylic acid groups (broad SMARTS) is 1. The molecule has 1 aromatic heterocycles. The van der Waals surface area contributed by atoms with Crippen molar-refractivity contribution in [3.8, 4) is 0 Å². The Morgan fingerprint density at radius 3 is 2.65 bits per heavy atom. The van der Waals surface area contributed by atoms with Gasteiger partial charge in [-0.25, -0.2) is 9.78 Å². The van der Waals surface area contributed by atoms with E-state index in [1.807, 2.05) is 13.1 Å². The molecule has 1 unspecified atom stereocenters. The zero-order chi connectivity index (χ0) is 16.8. The molecule has 7 nitrogen and oxygen atoms in total. The highest BCUT2D eigenvalue weighted by Crippen LogP contribution is 2.24. The summed E-state index contributed by atoms with van der Waals surface area (Å²) in [5.41, 5.74) is 0. The number of aryl methyl sites for hydroxylation is 1. The average Bonchev–Trinajstić information content (AvgIpc) is 2.91. The first-order chi connectivity index (χ1) is 11.0. The van der Waals surface area contributed by atoms with Gasteiger partial charge in [-0.15, -0.1) is 0 Å². The Kier molecular flexibility index (Phi) is 6.01. The number of nitrogens with zero attached hydrogens (tertiary/aromatic N) is 2. The van der Waals surface area contributed by atoms with Crippen LogP contribution in [0, 0.1) is 18.8 Å². The van der Waals surface area contributed by atoms with Crippen molar-refractivity contribution < 1.29 is 14.7 Å². The number of nitrogens with one attached hydrogen (secondary N) is 2. The molecule has 0 radical (unpaired) electrons. The summed E-state index contributed by atoms with van der Waals surface area (Å²) in [4.78, 5) is 27.0. The maximum atomic E-state index is 11.9. The van der Waals surface area contributed by atoms with Gasteiger partial charge in [-0.1, -0.05) is 6.92 Å². The van der Waals surface area contributed by atoms with Gasteiger partial charge in [0.2, 0.25) is 0 Å². The molecular formula is C16H26N4O3. The summed E-state index contributed by atoms with van der Waals surface area (Å²) in [5.74, 6) is 0.291. The molecule has 0 spiro atoms. The summed E-state index contributed by atoms with van der Waals surface area (Å²) in [6.45, 7) is 5.45. The fourth-order valence-electron chi connectivity index (χ4n) is 2.99. The minimum Gasteiger partial charge on any atom is -0.481 e. The van der Waals surface area contributed by atoms with E-state index in [-0.39, 0.29) is 18.0 Å². The van der Waals surface area contributed by atoms with Gasteiger partial charge in [0.25, 0.3) is 0 Å². The number of rotatable bonds is 6. The van der Waals surface area contributed by atoms with Crippen molar-refractivity contribution >= 4 is 12.0 Å². The molecule has 1 aliphatic carbocycles. The van der Waals surface area contributed by atoms with E-state index in [9.17, 15) is 9.59 Å². The lowest BCUT2D eigenvalue weighted by Crippen LogP contribution is -2.45. The van der Waals surface area contributed by atoms with Crippen LogP contribution in [0.2, 0.25) is 0 Å². The fourth-order valence-corrected chi connectivity index (χ4v) is 2.99. The molecule has 2 rings (SSSR count). The van der Waals surface area contributed by atoms with Crippen LogP contribution in [0.1, 0.15) is 38.4 Å². The van der Waals surface area contributed by atoms with Crippen molar-refractivity contribution in [2.75, 3.05) is 6.54 Å². The number of hydrogen-bond donors (Lipinski definition) is 3. The summed E-state index contributed by atoms with van der Waals surface area (Å²) in [5, 5.41) is 14.8. The SMILES string of the molecule is Cc1nccn1CC(C)CNC(=O)NC1CCC(C(=O)O)CC1. The third kappa shape index (κ3) is 5.26. The van der Waals surface area contributed by atoms with Crippen LogP contribution in [-0.2, 0) is 11.3 Å². The van der Waals surface area contributed by atoms with Crippen LogP contribution >= 0.6 is 0 Å². The van der Waals surface area contributed by atoms with E-state index in [2.05, 4.69) is 27.1 Å². The van der Waals surface area contributed by atoms with Gasteiger partial charge in [0.05, 0.1) is 5.92 Å². The smallest absolute Gasteiger partial charge is 0.315 e. The molecule has 0 aromatic carbocycles. The Hall–Kier alpha value is -2.05. The number of hydrogen-bond acceptors (Lipinski definition) is 3. The van der Waals surface area contributed by atoms with Crippen molar-refractivity contribution in [2.24, 2.45) is 11.8 Å². The predicted molar refractivity (Wildman–Crippen MR) is 86.0 cm³/mol. The van der Waals surface area contributed by atoms with Crippen LogP contribution in [0.25, 0.3) is 0 Å². The highest BCUT2D eigenvalue weighted by Gasteiger charge is 2.26. The molecule has 1 aliphatic rings. The quantitative estimate of drug-likeness (QED) is 0.743. The monoisotopic (exact) mass is 322 g/mol. The lowest BCUT2D eigenvalue weighted by atomic mass is 9.86. The van der Waals surface area contributed by atoms with Crippen LogP contribution in [0.15, 0.2) is 12.4 Å². The van der Waals surface area contributed by atoms with Crippen LogP contribution < -0.4 is 10.6 Å². The molecular weight excluding hydrogens is 296 g/mol. The maximum Gasteiger partial charge on any atom is 0.315 e. The summed E-state index contributed by atoms with van der Waals surface area (Å²) in [6.07, 6.45) is 6.44. The zero-order valence-corrected chi connectivity index (χ0v) is 13.8. The van der Waals surface area contributed by atoms with E-state index in [0.29, 0.717) is 25.3 Å². The van der Waals surface area contributed by atoms with Crippen molar-refractivity contribution in [1.29, 1.82) is 0 Å². The molecule has 1 heterocycles. The summed E-state index contributed by atoms with van der Waals surface area (Å²) >= 11 is 0. The molecule has 128 valence electrons. The van der Waals surface area contributed by atoms with E-state index in [1.54, 1.807) is 6.20 Å². The average molecular weight is 322 g/mol. The third-order valence-electron chi connectivity index (χ3n) is 4.45. The van der Waals surface area contributed by atoms with Crippen LogP contribution in [0.5, 0.6) is 0 Å². The van der Waals surface area contributed by atoms with E-state index in [0.717, 1.165) is 25.2 Å². The second-order valence-corrected chi connectivity index (χ2v) is 6.47. The maximum absolute atomic E-state index is 11.9. The highest BCUT2D eigenvalue weighted by molar-refractivity contribution is 5.74. The lowest BCUT2D eigenvalue weighted by molar-refractivity contribution is -0.142. The van der Waals surface area contributed by atoms with Crippen LogP contribution in [-0.4, -0.2) is 39.2 Å². The molecule has 1 fully saturated rings. The van der Waals surface area contributed by atoms with E-state index in [4.69, 9.17) is 5.11 Å². The van der Waals surface area contributed by atoms with E-state index < -0.39 is 5.97 Å². The summed E-state index contributed by atoms with van der Waals surface area (Å²) in [6, 6.07) is -0.0882. The molecule has 0 saturated heterocycles. The lowest BCUT2D eigenvalue weighted by Gasteiger charge is -2.27. The first-order valence-corrected chi connectivity index (χ1v) is 8.20. The molecule has 1 saturated carbocycles. The molecule has 0 aliphatic heterocycles. The van der Waals surface area contributed by atoms with Gasteiger partial charge < -0.3 is 20.3 Å². The number of carboxylic acids is 1. The molecule has 1 aromatic rings. The second-order valence-electron chi connectivity index (χ2n) is 6.47. The molecule has 23 heavy (non-hydrogen) atoms. The van der Waals surface area contributed by atoms with Gasteiger partial charge in [-0.3, -0.25) is 4.79 Å². The van der Waals surface area contributed by atoms with Gasteiger partial charge in [0, 0.05) is 31.5 Å². The van der Waals surface area contributed by atoms with E-state index in [1.165, 1.54) is 0 Å². The third-order valence-corrected chi connectivity index (χ3v) is 4.45. The zero-order valence-electron chi connectivity index (χ0n) is 13.8. The predicted octanol–water partition coefficient (Wildman–Crippen LogP) is 1.77. The minimum atomic E-state index is -0.725. The molecule has 1 atom stereocenters. The Labute approximate surface area is 136 Å². The minimum absolute atomic E-state index is 0.0804. The number of carbonyl (C=O) groups excluding carboxylic acids is 1. The summed E-state index contributed by atoms with van der Waals surface area (Å²) < 4.78 is 2.07. The molecule has 3 N–H and O–H groups in total. The van der Waals surface area contributed by atoms with Crippen LogP contribution in [0.4, 0.5) is 4.79 Å². The molecule has 2 amide bonds. The first-order valence-electron chi connectivity index (χ1n) is 8.20.